The summed E-state index contributed by atoms with van der Waals surface area (Å²) in [5.41, 5.74) is 0.224. The van der Waals surface area contributed by atoms with Gasteiger partial charge in [-0.25, -0.2) is 17.6 Å². The molecule has 25 heavy (non-hydrogen) atoms. The highest BCUT2D eigenvalue weighted by Crippen LogP contribution is 2.15. The molecule has 0 aliphatic rings. The van der Waals surface area contributed by atoms with Gasteiger partial charge in [0, 0.05) is 31.1 Å². The summed E-state index contributed by atoms with van der Waals surface area (Å²) in [5.74, 6) is -3.11. The molecule has 0 saturated carbocycles. The molecule has 0 fully saturated rings. The SMILES string of the molecule is C[C@H](COc1ccc(F)c(F)c1)NC[C@@H](O)Cc1ccc(F)cc1F. The van der Waals surface area contributed by atoms with E-state index in [1.165, 1.54) is 12.1 Å². The molecule has 0 unspecified atom stereocenters. The molecule has 0 saturated heterocycles. The molecule has 2 N–H and O–H groups in total. The minimum atomic E-state index is -0.991. The Morgan fingerprint density at radius 1 is 1.00 bits per heavy atom. The summed E-state index contributed by atoms with van der Waals surface area (Å²) in [7, 11) is 0. The number of halogens is 4. The number of aliphatic hydroxyl groups is 1. The summed E-state index contributed by atoms with van der Waals surface area (Å²) in [6.07, 6.45) is -0.832. The standard InChI is InChI=1S/C18H19F4NO2/c1-11(10-25-15-4-5-16(20)18(22)8-15)23-9-14(24)6-12-2-3-13(19)7-17(12)21/h2-5,7-8,11,14,23-24H,6,9-10H2,1H3/t11-,14+/m1/s1. The molecule has 3 nitrogen and oxygen atoms in total. The van der Waals surface area contributed by atoms with Crippen molar-refractivity contribution in [1.29, 1.82) is 0 Å². The molecule has 0 bridgehead atoms. The Balaban J connectivity index is 1.75. The summed E-state index contributed by atoms with van der Waals surface area (Å²) < 4.78 is 57.6. The van der Waals surface area contributed by atoms with E-state index < -0.39 is 29.4 Å². The van der Waals surface area contributed by atoms with Gasteiger partial charge in [-0.15, -0.1) is 0 Å². The van der Waals surface area contributed by atoms with Gasteiger partial charge in [0.2, 0.25) is 0 Å². The van der Waals surface area contributed by atoms with Crippen LogP contribution in [-0.2, 0) is 6.42 Å². The van der Waals surface area contributed by atoms with Crippen molar-refractivity contribution in [3.8, 4) is 5.75 Å². The predicted molar refractivity (Wildman–Crippen MR) is 85.4 cm³/mol. The number of ether oxygens (including phenoxy) is 1. The van der Waals surface area contributed by atoms with Crippen molar-refractivity contribution >= 4 is 0 Å². The Hall–Kier alpha value is -2.12. The molecule has 0 aromatic heterocycles. The summed E-state index contributed by atoms with van der Waals surface area (Å²) in [4.78, 5) is 0. The van der Waals surface area contributed by atoms with Crippen LogP contribution in [0.4, 0.5) is 17.6 Å². The second kappa shape index (κ2) is 8.82. The van der Waals surface area contributed by atoms with Crippen molar-refractivity contribution in [3.63, 3.8) is 0 Å². The van der Waals surface area contributed by atoms with E-state index in [2.05, 4.69) is 5.32 Å². The zero-order chi connectivity index (χ0) is 18.4. The molecule has 0 aliphatic heterocycles. The number of hydrogen-bond acceptors (Lipinski definition) is 3. The third-order valence-electron chi connectivity index (χ3n) is 3.56. The molecule has 2 aromatic carbocycles. The largest absolute Gasteiger partial charge is 0.492 e. The molecule has 0 amide bonds. The highest BCUT2D eigenvalue weighted by atomic mass is 19.2. The van der Waals surface area contributed by atoms with Crippen LogP contribution in [0.2, 0.25) is 0 Å². The number of nitrogens with one attached hydrogen (secondary N) is 1. The first kappa shape index (κ1) is 19.2. The van der Waals surface area contributed by atoms with Crippen molar-refractivity contribution in [3.05, 3.63) is 65.2 Å². The van der Waals surface area contributed by atoms with E-state index in [0.29, 0.717) is 0 Å². The number of hydrogen-bond donors (Lipinski definition) is 2. The second-order valence-corrected chi connectivity index (χ2v) is 5.79. The van der Waals surface area contributed by atoms with E-state index in [4.69, 9.17) is 4.74 Å². The zero-order valence-electron chi connectivity index (χ0n) is 13.6. The summed E-state index contributed by atoms with van der Waals surface area (Å²) >= 11 is 0. The molecule has 0 radical (unpaired) electrons. The van der Waals surface area contributed by atoms with Crippen LogP contribution in [0.1, 0.15) is 12.5 Å². The van der Waals surface area contributed by atoms with Crippen molar-refractivity contribution in [2.45, 2.75) is 25.5 Å². The fraction of sp³-hybridized carbons (Fsp3) is 0.333. The Kier molecular flexibility index (Phi) is 6.78. The number of benzene rings is 2. The van der Waals surface area contributed by atoms with Crippen LogP contribution in [0.5, 0.6) is 5.75 Å². The van der Waals surface area contributed by atoms with Gasteiger partial charge in [0.1, 0.15) is 24.0 Å². The fourth-order valence-corrected chi connectivity index (χ4v) is 2.20. The van der Waals surface area contributed by atoms with Gasteiger partial charge in [-0.05, 0) is 30.7 Å². The quantitative estimate of drug-likeness (QED) is 0.713. The van der Waals surface area contributed by atoms with Crippen LogP contribution in [-0.4, -0.2) is 30.4 Å². The first-order valence-corrected chi connectivity index (χ1v) is 7.78. The molecule has 136 valence electrons. The Morgan fingerprint density at radius 3 is 2.44 bits per heavy atom. The van der Waals surface area contributed by atoms with E-state index in [0.717, 1.165) is 24.3 Å². The Labute approximate surface area is 143 Å². The van der Waals surface area contributed by atoms with Crippen LogP contribution in [0.25, 0.3) is 0 Å². The maximum atomic E-state index is 13.5. The van der Waals surface area contributed by atoms with E-state index in [-0.39, 0.29) is 36.9 Å². The Morgan fingerprint density at radius 2 is 1.76 bits per heavy atom. The lowest BCUT2D eigenvalue weighted by atomic mass is 10.1. The monoisotopic (exact) mass is 357 g/mol. The first-order valence-electron chi connectivity index (χ1n) is 7.78. The predicted octanol–water partition coefficient (Wildman–Crippen LogP) is 3.20. The van der Waals surface area contributed by atoms with E-state index in [9.17, 15) is 22.7 Å². The van der Waals surface area contributed by atoms with Crippen LogP contribution >= 0.6 is 0 Å². The molecular formula is C18H19F4NO2. The molecule has 2 aromatic rings. The van der Waals surface area contributed by atoms with Gasteiger partial charge in [-0.1, -0.05) is 6.07 Å². The molecule has 2 atom stereocenters. The van der Waals surface area contributed by atoms with E-state index in [1.54, 1.807) is 6.92 Å². The van der Waals surface area contributed by atoms with Gasteiger partial charge in [-0.3, -0.25) is 0 Å². The number of aliphatic hydroxyl groups excluding tert-OH is 1. The fourth-order valence-electron chi connectivity index (χ4n) is 2.20. The lowest BCUT2D eigenvalue weighted by Crippen LogP contribution is -2.38. The molecule has 2 rings (SSSR count). The van der Waals surface area contributed by atoms with E-state index in [1.807, 2.05) is 0 Å². The van der Waals surface area contributed by atoms with Crippen LogP contribution in [0.3, 0.4) is 0 Å². The first-order chi connectivity index (χ1) is 11.8. The van der Waals surface area contributed by atoms with Gasteiger partial charge in [0.05, 0.1) is 6.10 Å². The van der Waals surface area contributed by atoms with E-state index >= 15 is 0 Å². The molecule has 7 heteroatoms. The smallest absolute Gasteiger partial charge is 0.162 e. The lowest BCUT2D eigenvalue weighted by molar-refractivity contribution is 0.160. The second-order valence-electron chi connectivity index (χ2n) is 5.79. The van der Waals surface area contributed by atoms with Gasteiger partial charge in [-0.2, -0.15) is 0 Å². The maximum Gasteiger partial charge on any atom is 0.162 e. The highest BCUT2D eigenvalue weighted by Gasteiger charge is 2.12. The van der Waals surface area contributed by atoms with Crippen molar-refractivity contribution in [1.82, 2.24) is 5.32 Å². The Bertz CT molecular complexity index is 711. The van der Waals surface area contributed by atoms with Gasteiger partial charge in [0.15, 0.2) is 11.6 Å². The maximum absolute atomic E-state index is 13.5. The molecule has 0 aliphatic carbocycles. The summed E-state index contributed by atoms with van der Waals surface area (Å²) in [6.45, 7) is 2.12. The van der Waals surface area contributed by atoms with Gasteiger partial charge in [0.25, 0.3) is 0 Å². The van der Waals surface area contributed by atoms with Crippen molar-refractivity contribution in [2.24, 2.45) is 0 Å². The third-order valence-corrected chi connectivity index (χ3v) is 3.56. The van der Waals surface area contributed by atoms with Crippen LogP contribution < -0.4 is 10.1 Å². The zero-order valence-corrected chi connectivity index (χ0v) is 13.6. The lowest BCUT2D eigenvalue weighted by Gasteiger charge is -2.18. The average molecular weight is 357 g/mol. The topological polar surface area (TPSA) is 41.5 Å². The minimum absolute atomic E-state index is 0.0376. The number of rotatable bonds is 8. The third kappa shape index (κ3) is 6.03. The van der Waals surface area contributed by atoms with Gasteiger partial charge < -0.3 is 15.2 Å². The van der Waals surface area contributed by atoms with Crippen LogP contribution in [0.15, 0.2) is 36.4 Å². The molecule has 0 spiro atoms. The average Bonchev–Trinajstić information content (AvgIpc) is 2.56. The summed E-state index contributed by atoms with van der Waals surface area (Å²) in [5, 5.41) is 12.9. The molecule has 0 heterocycles. The van der Waals surface area contributed by atoms with Crippen molar-refractivity contribution in [2.75, 3.05) is 13.2 Å². The van der Waals surface area contributed by atoms with Gasteiger partial charge >= 0.3 is 0 Å². The summed E-state index contributed by atoms with van der Waals surface area (Å²) in [6, 6.07) is 6.25. The minimum Gasteiger partial charge on any atom is -0.492 e. The highest BCUT2D eigenvalue weighted by molar-refractivity contribution is 5.23. The van der Waals surface area contributed by atoms with Crippen LogP contribution in [0, 0.1) is 23.3 Å². The normalized spacial score (nSPS) is 13.5. The molecular weight excluding hydrogens is 338 g/mol. The van der Waals surface area contributed by atoms with Crippen molar-refractivity contribution < 1.29 is 27.4 Å².